The lowest BCUT2D eigenvalue weighted by atomic mass is 10.00. The number of benzene rings is 1. The van der Waals surface area contributed by atoms with Gasteiger partial charge in [-0.2, -0.15) is 4.31 Å². The average Bonchev–Trinajstić information content (AvgIpc) is 3.40. The highest BCUT2D eigenvalue weighted by atomic mass is 35.5. The van der Waals surface area contributed by atoms with Gasteiger partial charge in [0.2, 0.25) is 0 Å². The summed E-state index contributed by atoms with van der Waals surface area (Å²) in [5.74, 6) is 1.32. The fourth-order valence-electron chi connectivity index (χ4n) is 3.52. The summed E-state index contributed by atoms with van der Waals surface area (Å²) in [5.41, 5.74) is 3.65. The van der Waals surface area contributed by atoms with E-state index in [9.17, 15) is 8.42 Å². The number of halogens is 1. The first kappa shape index (κ1) is 18.2. The Morgan fingerprint density at radius 3 is 2.57 bits per heavy atom. The van der Waals surface area contributed by atoms with Gasteiger partial charge in [-0.1, -0.05) is 29.8 Å². The molecule has 28 heavy (non-hydrogen) atoms. The van der Waals surface area contributed by atoms with E-state index in [0.717, 1.165) is 41.2 Å². The minimum Gasteiger partial charge on any atom is -0.237 e. The summed E-state index contributed by atoms with van der Waals surface area (Å²) in [4.78, 5) is 9.66. The van der Waals surface area contributed by atoms with Gasteiger partial charge in [0, 0.05) is 41.6 Å². The second-order valence-electron chi connectivity index (χ2n) is 7.16. The van der Waals surface area contributed by atoms with Gasteiger partial charge in [0.1, 0.15) is 10.0 Å². The van der Waals surface area contributed by atoms with Crippen molar-refractivity contribution < 1.29 is 8.42 Å². The van der Waals surface area contributed by atoms with E-state index in [1.165, 1.54) is 11.3 Å². The number of rotatable bonds is 4. The zero-order chi connectivity index (χ0) is 19.3. The Kier molecular flexibility index (Phi) is 4.50. The van der Waals surface area contributed by atoms with Crippen molar-refractivity contribution in [3.63, 3.8) is 0 Å². The largest absolute Gasteiger partial charge is 0.252 e. The van der Waals surface area contributed by atoms with Crippen LogP contribution in [-0.4, -0.2) is 29.2 Å². The molecule has 0 bridgehead atoms. The molecule has 1 fully saturated rings. The van der Waals surface area contributed by atoms with Gasteiger partial charge in [-0.05, 0) is 36.4 Å². The minimum atomic E-state index is -3.51. The molecule has 2 aromatic heterocycles. The summed E-state index contributed by atoms with van der Waals surface area (Å²) < 4.78 is 27.9. The molecule has 1 aliphatic heterocycles. The van der Waals surface area contributed by atoms with E-state index in [0.29, 0.717) is 34.7 Å². The number of sulfonamides is 1. The molecule has 1 saturated carbocycles. The summed E-state index contributed by atoms with van der Waals surface area (Å²) in [6, 6.07) is 11.0. The van der Waals surface area contributed by atoms with Crippen molar-refractivity contribution >= 4 is 33.0 Å². The first-order valence-corrected chi connectivity index (χ1v) is 11.9. The second kappa shape index (κ2) is 6.91. The molecule has 0 N–H and O–H groups in total. The van der Waals surface area contributed by atoms with Gasteiger partial charge in [0.15, 0.2) is 0 Å². The molecule has 1 aliphatic carbocycles. The first-order chi connectivity index (χ1) is 13.5. The highest BCUT2D eigenvalue weighted by Crippen LogP contribution is 2.40. The van der Waals surface area contributed by atoms with Gasteiger partial charge in [0.25, 0.3) is 10.0 Å². The molecule has 0 radical (unpaired) electrons. The van der Waals surface area contributed by atoms with Crippen LogP contribution in [0.25, 0.3) is 11.3 Å². The Morgan fingerprint density at radius 2 is 1.89 bits per heavy atom. The van der Waals surface area contributed by atoms with Gasteiger partial charge in [-0.15, -0.1) is 11.3 Å². The zero-order valence-electron chi connectivity index (χ0n) is 15.0. The molecule has 0 unspecified atom stereocenters. The molecule has 1 aromatic carbocycles. The average molecular weight is 432 g/mol. The van der Waals surface area contributed by atoms with Gasteiger partial charge in [-0.3, -0.25) is 0 Å². The van der Waals surface area contributed by atoms with E-state index >= 15 is 0 Å². The van der Waals surface area contributed by atoms with Crippen molar-refractivity contribution in [3.8, 4) is 11.3 Å². The Balaban J connectivity index is 1.59. The molecule has 144 valence electrons. The van der Waals surface area contributed by atoms with E-state index in [-0.39, 0.29) is 0 Å². The topological polar surface area (TPSA) is 63.2 Å². The summed E-state index contributed by atoms with van der Waals surface area (Å²) in [7, 11) is -3.51. The third-order valence-electron chi connectivity index (χ3n) is 5.19. The molecule has 2 aliphatic rings. The molecule has 0 amide bonds. The predicted octanol–water partition coefficient (Wildman–Crippen LogP) is 4.48. The second-order valence-corrected chi connectivity index (χ2v) is 10.7. The monoisotopic (exact) mass is 431 g/mol. The van der Waals surface area contributed by atoms with Crippen LogP contribution in [0.1, 0.15) is 35.8 Å². The third-order valence-corrected chi connectivity index (χ3v) is 8.66. The fraction of sp³-hybridized carbons (Fsp3) is 0.300. The lowest BCUT2D eigenvalue weighted by Gasteiger charge is -2.28. The molecule has 0 spiro atoms. The third kappa shape index (κ3) is 3.26. The number of hydrogen-bond donors (Lipinski definition) is 0. The molecule has 5 rings (SSSR count). The molecule has 0 atom stereocenters. The lowest BCUT2D eigenvalue weighted by Crippen LogP contribution is -2.36. The summed E-state index contributed by atoms with van der Waals surface area (Å²) >= 11 is 7.30. The van der Waals surface area contributed by atoms with Crippen molar-refractivity contribution in [2.24, 2.45) is 0 Å². The van der Waals surface area contributed by atoms with Crippen LogP contribution >= 0.6 is 22.9 Å². The highest BCUT2D eigenvalue weighted by Gasteiger charge is 2.34. The van der Waals surface area contributed by atoms with Crippen LogP contribution < -0.4 is 0 Å². The molecule has 3 aromatic rings. The summed E-state index contributed by atoms with van der Waals surface area (Å²) in [6.45, 7) is 0.729. The van der Waals surface area contributed by atoms with Crippen LogP contribution in [-0.2, 0) is 23.0 Å². The number of fused-ring (bicyclic) bond motifs is 1. The van der Waals surface area contributed by atoms with E-state index in [1.807, 2.05) is 24.3 Å². The molecular formula is C20H18ClN3O2S2. The Bertz CT molecular complexity index is 1130. The Hall–Kier alpha value is -1.80. The van der Waals surface area contributed by atoms with Crippen LogP contribution in [0.4, 0.5) is 0 Å². The van der Waals surface area contributed by atoms with Crippen molar-refractivity contribution in [2.45, 2.75) is 35.9 Å². The van der Waals surface area contributed by atoms with E-state index < -0.39 is 10.0 Å². The van der Waals surface area contributed by atoms with Crippen LogP contribution in [0.5, 0.6) is 0 Å². The van der Waals surface area contributed by atoms with E-state index in [4.69, 9.17) is 21.6 Å². The van der Waals surface area contributed by atoms with Crippen molar-refractivity contribution in [1.29, 1.82) is 0 Å². The van der Waals surface area contributed by atoms with Crippen LogP contribution in [0.2, 0.25) is 5.02 Å². The SMILES string of the molecule is O=S(=O)(c1cccs1)N1CCc2nc(C3CC3)nc(-c3ccc(Cl)cc3)c2C1. The number of nitrogens with zero attached hydrogens (tertiary/aromatic N) is 3. The standard InChI is InChI=1S/C20H18ClN3O2S2/c21-15-7-5-13(6-8-15)19-16-12-24(28(25,26)18-2-1-11-27-18)10-9-17(16)22-20(23-19)14-3-4-14/h1-2,5-8,11,14H,3-4,9-10,12H2. The van der Waals surface area contributed by atoms with Gasteiger partial charge < -0.3 is 0 Å². The smallest absolute Gasteiger partial charge is 0.237 e. The van der Waals surface area contributed by atoms with Gasteiger partial charge in [0.05, 0.1) is 11.4 Å². The minimum absolute atomic E-state index is 0.290. The van der Waals surface area contributed by atoms with Crippen LogP contribution in [0, 0.1) is 0 Å². The Morgan fingerprint density at radius 1 is 1.11 bits per heavy atom. The predicted molar refractivity (Wildman–Crippen MR) is 110 cm³/mol. The summed E-state index contributed by atoms with van der Waals surface area (Å²) in [6.07, 6.45) is 2.85. The van der Waals surface area contributed by atoms with Crippen molar-refractivity contribution in [2.75, 3.05) is 6.54 Å². The van der Waals surface area contributed by atoms with Crippen molar-refractivity contribution in [3.05, 3.63) is 63.9 Å². The molecule has 5 nitrogen and oxygen atoms in total. The van der Waals surface area contributed by atoms with Gasteiger partial charge >= 0.3 is 0 Å². The fourth-order valence-corrected chi connectivity index (χ4v) is 6.20. The van der Waals surface area contributed by atoms with Crippen molar-refractivity contribution in [1.82, 2.24) is 14.3 Å². The molecule has 8 heteroatoms. The van der Waals surface area contributed by atoms with E-state index in [1.54, 1.807) is 21.8 Å². The first-order valence-electron chi connectivity index (χ1n) is 9.21. The van der Waals surface area contributed by atoms with Gasteiger partial charge in [-0.25, -0.2) is 18.4 Å². The normalized spacial score (nSPS) is 17.5. The lowest BCUT2D eigenvalue weighted by molar-refractivity contribution is 0.388. The Labute approximate surface area is 173 Å². The highest BCUT2D eigenvalue weighted by molar-refractivity contribution is 7.91. The summed E-state index contributed by atoms with van der Waals surface area (Å²) in [5, 5.41) is 2.45. The maximum absolute atomic E-state index is 13.0. The van der Waals surface area contributed by atoms with Crippen LogP contribution in [0.15, 0.2) is 46.0 Å². The van der Waals surface area contributed by atoms with E-state index in [2.05, 4.69) is 0 Å². The zero-order valence-corrected chi connectivity index (χ0v) is 17.4. The molecule has 0 saturated heterocycles. The maximum atomic E-state index is 13.0. The molecule has 3 heterocycles. The number of hydrogen-bond acceptors (Lipinski definition) is 5. The quantitative estimate of drug-likeness (QED) is 0.610. The number of thiophene rings is 1. The number of aromatic nitrogens is 2. The molecular weight excluding hydrogens is 414 g/mol. The van der Waals surface area contributed by atoms with Crippen LogP contribution in [0.3, 0.4) is 0 Å². The maximum Gasteiger partial charge on any atom is 0.252 e.